The van der Waals surface area contributed by atoms with Crippen LogP contribution < -0.4 is 5.32 Å². The fourth-order valence-electron chi connectivity index (χ4n) is 9.51. The normalized spacial score (nSPS) is 46.7. The van der Waals surface area contributed by atoms with E-state index in [4.69, 9.17) is 0 Å². The summed E-state index contributed by atoms with van der Waals surface area (Å²) in [7, 11) is 0. The van der Waals surface area contributed by atoms with Gasteiger partial charge in [0.1, 0.15) is 0 Å². The van der Waals surface area contributed by atoms with Crippen LogP contribution in [-0.4, -0.2) is 11.9 Å². The van der Waals surface area contributed by atoms with Gasteiger partial charge in [-0.25, -0.2) is 0 Å². The van der Waals surface area contributed by atoms with Crippen LogP contribution in [0.2, 0.25) is 0 Å². The quantitative estimate of drug-likeness (QED) is 0.487. The van der Waals surface area contributed by atoms with Crippen LogP contribution >= 0.6 is 0 Å². The summed E-state index contributed by atoms with van der Waals surface area (Å²) in [5, 5.41) is 3.45. The van der Waals surface area contributed by atoms with Gasteiger partial charge < -0.3 is 5.32 Å². The van der Waals surface area contributed by atoms with E-state index in [0.29, 0.717) is 28.7 Å². The second kappa shape index (κ2) is 8.43. The predicted molar refractivity (Wildman–Crippen MR) is 126 cm³/mol. The lowest BCUT2D eigenvalue weighted by molar-refractivity contribution is -0.149. The van der Waals surface area contributed by atoms with Gasteiger partial charge in [-0.1, -0.05) is 67.2 Å². The van der Waals surface area contributed by atoms with Gasteiger partial charge in [0.05, 0.1) is 0 Å². The van der Waals surface area contributed by atoms with Crippen molar-refractivity contribution in [1.29, 1.82) is 0 Å². The number of hydrogen-bond acceptors (Lipinski definition) is 1. The second-order valence-electron chi connectivity index (χ2n) is 12.8. The zero-order chi connectivity index (χ0) is 21.7. The van der Waals surface area contributed by atoms with E-state index < -0.39 is 0 Å². The summed E-state index contributed by atoms with van der Waals surface area (Å²) in [6, 6.07) is 0.432. The average Bonchev–Trinajstić information content (AvgIpc) is 3.05. The maximum absolute atomic E-state index is 12.4. The molecule has 2 nitrogen and oxygen atoms in total. The summed E-state index contributed by atoms with van der Waals surface area (Å²) in [6.07, 6.45) is 14.6. The van der Waals surface area contributed by atoms with Gasteiger partial charge in [-0.05, 0) is 90.8 Å². The molecule has 0 radical (unpaired) electrons. The van der Waals surface area contributed by atoms with Crippen LogP contribution in [0, 0.1) is 52.3 Å². The first-order valence-corrected chi connectivity index (χ1v) is 13.5. The molecule has 4 fully saturated rings. The minimum atomic E-state index is 0.319. The van der Waals surface area contributed by atoms with Gasteiger partial charge in [-0.2, -0.15) is 0 Å². The number of nitrogens with one attached hydrogen (secondary N) is 1. The molecule has 30 heavy (non-hydrogen) atoms. The number of carbonyl (C=O) groups is 1. The maximum atomic E-state index is 12.4. The Morgan fingerprint density at radius 3 is 2.47 bits per heavy atom. The molecule has 4 rings (SSSR count). The van der Waals surface area contributed by atoms with Crippen molar-refractivity contribution in [3.05, 3.63) is 0 Å². The molecule has 1 unspecified atom stereocenters. The Morgan fingerprint density at radius 1 is 1.00 bits per heavy atom. The number of amides is 1. The SMILES string of the molecule is CCC1CC(=O)N[C@@H]2CC[C@H]3[C@@H]4CC[C@H]([C@H](C)CCCC(C)C)[C@@]4(C)CC[C@@H]3[C@@]12C. The lowest BCUT2D eigenvalue weighted by atomic mass is 9.44. The lowest BCUT2D eigenvalue weighted by Crippen LogP contribution is -2.64. The van der Waals surface area contributed by atoms with Crippen LogP contribution in [0.25, 0.3) is 0 Å². The van der Waals surface area contributed by atoms with E-state index in [1.54, 1.807) is 0 Å². The molecule has 3 saturated carbocycles. The summed E-state index contributed by atoms with van der Waals surface area (Å²) >= 11 is 0. The Morgan fingerprint density at radius 2 is 1.77 bits per heavy atom. The molecular weight excluding hydrogens is 366 g/mol. The highest BCUT2D eigenvalue weighted by Crippen LogP contribution is 2.67. The van der Waals surface area contributed by atoms with Crippen molar-refractivity contribution < 1.29 is 4.79 Å². The van der Waals surface area contributed by atoms with Gasteiger partial charge in [0, 0.05) is 12.5 Å². The van der Waals surface area contributed by atoms with E-state index in [2.05, 4.69) is 46.9 Å². The molecule has 2 heteroatoms. The Labute approximate surface area is 186 Å². The Hall–Kier alpha value is -0.530. The first kappa shape index (κ1) is 22.7. The zero-order valence-corrected chi connectivity index (χ0v) is 20.8. The van der Waals surface area contributed by atoms with Gasteiger partial charge in [-0.15, -0.1) is 0 Å². The third-order valence-corrected chi connectivity index (χ3v) is 11.1. The highest BCUT2D eigenvalue weighted by molar-refractivity contribution is 5.78. The molecule has 1 heterocycles. The number of carbonyl (C=O) groups excluding carboxylic acids is 1. The van der Waals surface area contributed by atoms with Crippen LogP contribution in [0.3, 0.4) is 0 Å². The highest BCUT2D eigenvalue weighted by atomic mass is 16.1. The van der Waals surface area contributed by atoms with Gasteiger partial charge in [0.25, 0.3) is 0 Å². The molecule has 1 saturated heterocycles. The monoisotopic (exact) mass is 415 g/mol. The molecular formula is C28H49NO. The van der Waals surface area contributed by atoms with Crippen LogP contribution in [0.5, 0.6) is 0 Å². The third-order valence-electron chi connectivity index (χ3n) is 11.1. The summed E-state index contributed by atoms with van der Waals surface area (Å²) in [5.74, 6) is 6.24. The highest BCUT2D eigenvalue weighted by Gasteiger charge is 2.62. The van der Waals surface area contributed by atoms with Crippen molar-refractivity contribution in [2.45, 2.75) is 118 Å². The van der Waals surface area contributed by atoms with Crippen LogP contribution in [0.15, 0.2) is 0 Å². The van der Waals surface area contributed by atoms with Crippen molar-refractivity contribution in [2.24, 2.45) is 52.3 Å². The number of fused-ring (bicyclic) bond motifs is 5. The van der Waals surface area contributed by atoms with Crippen molar-refractivity contribution in [3.8, 4) is 0 Å². The van der Waals surface area contributed by atoms with E-state index in [-0.39, 0.29) is 0 Å². The Balaban J connectivity index is 1.51. The molecule has 0 aromatic rings. The molecule has 0 spiro atoms. The summed E-state index contributed by atoms with van der Waals surface area (Å²) in [6.45, 7) is 14.9. The molecule has 1 N–H and O–H groups in total. The number of rotatable bonds is 6. The first-order chi connectivity index (χ1) is 14.2. The fourth-order valence-corrected chi connectivity index (χ4v) is 9.51. The third kappa shape index (κ3) is 3.57. The van der Waals surface area contributed by atoms with E-state index in [1.165, 1.54) is 64.2 Å². The Kier molecular flexibility index (Phi) is 6.37. The minimum absolute atomic E-state index is 0.319. The van der Waals surface area contributed by atoms with Gasteiger partial charge in [0.15, 0.2) is 0 Å². The van der Waals surface area contributed by atoms with E-state index in [0.717, 1.165) is 41.9 Å². The molecule has 0 bridgehead atoms. The summed E-state index contributed by atoms with van der Waals surface area (Å²) in [4.78, 5) is 12.4. The molecule has 0 aromatic carbocycles. The van der Waals surface area contributed by atoms with Gasteiger partial charge >= 0.3 is 0 Å². The Bertz CT molecular complexity index is 616. The topological polar surface area (TPSA) is 29.1 Å². The standard InChI is InChI=1S/C28H49NO/c1-7-20-17-26(30)29-25-14-11-21-23-13-12-22(19(4)10-8-9-18(2)3)27(23,5)16-15-24(21)28(20,25)6/h18-25H,7-17H2,1-6H3,(H,29,30)/t19-,20?,21+,22-,23+,24+,25-,27-,28-/m1/s1. The largest absolute Gasteiger partial charge is 0.353 e. The minimum Gasteiger partial charge on any atom is -0.353 e. The molecule has 172 valence electrons. The van der Waals surface area contributed by atoms with E-state index in [1.807, 2.05) is 0 Å². The lowest BCUT2D eigenvalue weighted by Gasteiger charge is -2.62. The maximum Gasteiger partial charge on any atom is 0.220 e. The predicted octanol–water partition coefficient (Wildman–Crippen LogP) is 7.22. The van der Waals surface area contributed by atoms with Crippen LogP contribution in [-0.2, 0) is 4.79 Å². The first-order valence-electron chi connectivity index (χ1n) is 13.5. The molecule has 4 aliphatic rings. The van der Waals surface area contributed by atoms with Crippen molar-refractivity contribution in [3.63, 3.8) is 0 Å². The van der Waals surface area contributed by atoms with Crippen molar-refractivity contribution in [2.75, 3.05) is 0 Å². The van der Waals surface area contributed by atoms with Crippen molar-refractivity contribution in [1.82, 2.24) is 5.32 Å². The summed E-state index contributed by atoms with van der Waals surface area (Å²) in [5.41, 5.74) is 0.898. The molecule has 1 aliphatic heterocycles. The second-order valence-corrected chi connectivity index (χ2v) is 12.8. The smallest absolute Gasteiger partial charge is 0.220 e. The molecule has 3 aliphatic carbocycles. The van der Waals surface area contributed by atoms with Gasteiger partial charge in [-0.3, -0.25) is 4.79 Å². The van der Waals surface area contributed by atoms with Gasteiger partial charge in [0.2, 0.25) is 5.91 Å². The van der Waals surface area contributed by atoms with Crippen molar-refractivity contribution >= 4 is 5.91 Å². The summed E-state index contributed by atoms with van der Waals surface area (Å²) < 4.78 is 0. The van der Waals surface area contributed by atoms with Crippen LogP contribution in [0.4, 0.5) is 0 Å². The number of piperidine rings is 1. The molecule has 1 amide bonds. The number of hydrogen-bond donors (Lipinski definition) is 1. The average molecular weight is 416 g/mol. The fraction of sp³-hybridized carbons (Fsp3) is 0.964. The molecule has 0 aromatic heterocycles. The zero-order valence-electron chi connectivity index (χ0n) is 20.8. The van der Waals surface area contributed by atoms with E-state index >= 15 is 0 Å². The van der Waals surface area contributed by atoms with Crippen LogP contribution in [0.1, 0.15) is 112 Å². The van der Waals surface area contributed by atoms with E-state index in [9.17, 15) is 4.79 Å². The molecule has 9 atom stereocenters.